The number of ketones is 1. The lowest BCUT2D eigenvalue weighted by Gasteiger charge is -2.40. The quantitative estimate of drug-likeness (QED) is 0.310. The first-order chi connectivity index (χ1) is 20.9. The number of amides is 1. The van der Waals surface area contributed by atoms with Gasteiger partial charge in [0.05, 0.1) is 17.8 Å². The van der Waals surface area contributed by atoms with Crippen LogP contribution in [0.3, 0.4) is 0 Å². The number of nitrogens with one attached hydrogen (secondary N) is 1. The predicted molar refractivity (Wildman–Crippen MR) is 169 cm³/mol. The van der Waals surface area contributed by atoms with E-state index in [0.29, 0.717) is 19.3 Å². The molecule has 1 unspecified atom stereocenters. The molecule has 3 aliphatic rings. The fourth-order valence-corrected chi connectivity index (χ4v) is 6.73. The summed E-state index contributed by atoms with van der Waals surface area (Å²) in [5, 5.41) is 2.95. The molecule has 1 aliphatic carbocycles. The molecule has 43 heavy (non-hydrogen) atoms. The minimum atomic E-state index is 0.0270. The lowest BCUT2D eigenvalue weighted by molar-refractivity contribution is -0.117. The van der Waals surface area contributed by atoms with Crippen LogP contribution in [0, 0.1) is 5.92 Å². The largest absolute Gasteiger partial charge is 0.371 e. The highest BCUT2D eigenvalue weighted by molar-refractivity contribution is 6.00. The number of carbonyl (C=O) groups excluding carboxylic acids is 2. The number of hydrogen-bond donors (Lipinski definition) is 1. The van der Waals surface area contributed by atoms with Crippen molar-refractivity contribution in [3.63, 3.8) is 0 Å². The van der Waals surface area contributed by atoms with Crippen LogP contribution < -0.4 is 10.2 Å². The van der Waals surface area contributed by atoms with Crippen molar-refractivity contribution >= 4 is 28.8 Å². The molecule has 8 nitrogen and oxygen atoms in total. The average molecular weight is 573 g/mol. The molecule has 2 aromatic heterocycles. The number of aromatic nitrogens is 3. The fourth-order valence-electron chi connectivity index (χ4n) is 6.73. The maximum Gasteiger partial charge on any atom is 0.228 e. The van der Waals surface area contributed by atoms with E-state index in [0.717, 1.165) is 83.4 Å². The molecular weight excluding hydrogens is 536 g/mol. The normalized spacial score (nSPS) is 18.8. The summed E-state index contributed by atoms with van der Waals surface area (Å²) in [7, 11) is 0. The number of hydrogen-bond acceptors (Lipinski definition) is 6. The Hall–Kier alpha value is -4.72. The van der Waals surface area contributed by atoms with Crippen molar-refractivity contribution in [1.82, 2.24) is 19.3 Å². The van der Waals surface area contributed by atoms with Gasteiger partial charge in [-0.05, 0) is 49.4 Å². The van der Waals surface area contributed by atoms with E-state index in [4.69, 9.17) is 9.97 Å². The molecule has 7 rings (SSSR count). The molecule has 4 aromatic rings. The molecule has 1 saturated heterocycles. The number of anilines is 2. The zero-order chi connectivity index (χ0) is 29.7. The molecule has 218 valence electrons. The summed E-state index contributed by atoms with van der Waals surface area (Å²) >= 11 is 0. The molecule has 1 amide bonds. The molecule has 1 fully saturated rings. The van der Waals surface area contributed by atoms with Crippen molar-refractivity contribution in [2.45, 2.75) is 39.5 Å². The Labute approximate surface area is 251 Å². The Kier molecular flexibility index (Phi) is 6.84. The van der Waals surface area contributed by atoms with Gasteiger partial charge in [-0.25, -0.2) is 9.97 Å². The van der Waals surface area contributed by atoms with Gasteiger partial charge in [0.1, 0.15) is 0 Å². The molecule has 0 bridgehead atoms. The van der Waals surface area contributed by atoms with E-state index in [9.17, 15) is 9.59 Å². The Morgan fingerprint density at radius 1 is 1.02 bits per heavy atom. The molecule has 2 aliphatic heterocycles. The Balaban J connectivity index is 1.23. The summed E-state index contributed by atoms with van der Waals surface area (Å²) in [6.45, 7) is 11.4. The number of benzene rings is 2. The molecule has 1 atom stereocenters. The minimum Gasteiger partial charge on any atom is -0.371 e. The minimum absolute atomic E-state index is 0.0270. The van der Waals surface area contributed by atoms with Gasteiger partial charge in [0, 0.05) is 73.9 Å². The standard InChI is InChI=1S/C35H36N6O2/c1-22(2)26-19-30(23(3)31(42)20-26)39-13-15-40(16-14-39)34-35-38-29(17-24-7-5-4-6-8-24)33(41(35)12-11-36-34)25-9-10-28-27(18-25)21-32(43)37-28/h4-12,18,26H,1,13-17,19-21H2,2-3H3,(H,37,43). The number of rotatable bonds is 6. The molecule has 0 spiro atoms. The van der Waals surface area contributed by atoms with E-state index in [1.165, 1.54) is 11.3 Å². The van der Waals surface area contributed by atoms with E-state index in [-0.39, 0.29) is 17.6 Å². The van der Waals surface area contributed by atoms with Crippen LogP contribution in [-0.2, 0) is 22.4 Å². The lowest BCUT2D eigenvalue weighted by Crippen LogP contribution is -2.47. The number of Topliss-reactive ketones (excluding diaryl/α,β-unsaturated/α-hetero) is 1. The molecule has 0 saturated carbocycles. The number of carbonyl (C=O) groups is 2. The third kappa shape index (κ3) is 5.01. The summed E-state index contributed by atoms with van der Waals surface area (Å²) in [4.78, 5) is 39.6. The number of piperazine rings is 1. The molecule has 1 N–H and O–H groups in total. The van der Waals surface area contributed by atoms with Crippen LogP contribution >= 0.6 is 0 Å². The highest BCUT2D eigenvalue weighted by Crippen LogP contribution is 2.36. The summed E-state index contributed by atoms with van der Waals surface area (Å²) in [6, 6.07) is 16.6. The van der Waals surface area contributed by atoms with Gasteiger partial charge in [0.15, 0.2) is 17.2 Å². The Morgan fingerprint density at radius 3 is 2.56 bits per heavy atom. The van der Waals surface area contributed by atoms with Crippen LogP contribution in [0.5, 0.6) is 0 Å². The van der Waals surface area contributed by atoms with Gasteiger partial charge in [-0.15, -0.1) is 0 Å². The summed E-state index contributed by atoms with van der Waals surface area (Å²) in [6.07, 6.45) is 6.37. The van der Waals surface area contributed by atoms with Crippen molar-refractivity contribution in [2.24, 2.45) is 5.92 Å². The van der Waals surface area contributed by atoms with Gasteiger partial charge >= 0.3 is 0 Å². The van der Waals surface area contributed by atoms with Crippen LogP contribution in [0.2, 0.25) is 0 Å². The maximum atomic E-state index is 12.8. The molecule has 8 heteroatoms. The van der Waals surface area contributed by atoms with Crippen LogP contribution in [0.4, 0.5) is 11.5 Å². The number of imidazole rings is 1. The topological polar surface area (TPSA) is 82.8 Å². The van der Waals surface area contributed by atoms with Crippen LogP contribution in [0.15, 0.2) is 84.3 Å². The number of fused-ring (bicyclic) bond motifs is 2. The number of nitrogens with zero attached hydrogens (tertiary/aromatic N) is 5. The van der Waals surface area contributed by atoms with Crippen molar-refractivity contribution in [3.05, 3.63) is 101 Å². The van der Waals surface area contributed by atoms with Gasteiger partial charge in [0.25, 0.3) is 0 Å². The zero-order valence-corrected chi connectivity index (χ0v) is 24.8. The van der Waals surface area contributed by atoms with Crippen molar-refractivity contribution in [1.29, 1.82) is 0 Å². The fraction of sp³-hybridized carbons (Fsp3) is 0.314. The second kappa shape index (κ2) is 10.8. The SMILES string of the molecule is C=C(C)C1CC(=O)C(C)=C(N2CCN(c3nccn4c(-c5ccc6c(c5)CC(=O)N6)c(Cc5ccccc5)nc34)CC2)C1. The number of allylic oxidation sites excluding steroid dienone is 3. The first-order valence-electron chi connectivity index (χ1n) is 15.1. The van der Waals surface area contributed by atoms with Gasteiger partial charge in [-0.2, -0.15) is 0 Å². The lowest BCUT2D eigenvalue weighted by atomic mass is 9.82. The maximum absolute atomic E-state index is 12.8. The highest BCUT2D eigenvalue weighted by Gasteiger charge is 2.31. The van der Waals surface area contributed by atoms with Gasteiger partial charge in [-0.3, -0.25) is 14.0 Å². The summed E-state index contributed by atoms with van der Waals surface area (Å²) in [5.74, 6) is 1.36. The molecule has 4 heterocycles. The highest BCUT2D eigenvalue weighted by atomic mass is 16.1. The first-order valence-corrected chi connectivity index (χ1v) is 15.1. The Morgan fingerprint density at radius 2 is 1.79 bits per heavy atom. The van der Waals surface area contributed by atoms with E-state index >= 15 is 0 Å². The van der Waals surface area contributed by atoms with E-state index in [2.05, 4.69) is 62.5 Å². The smallest absolute Gasteiger partial charge is 0.228 e. The van der Waals surface area contributed by atoms with Gasteiger partial charge in [-0.1, -0.05) is 48.6 Å². The molecule has 0 radical (unpaired) electrons. The summed E-state index contributed by atoms with van der Waals surface area (Å²) in [5.41, 5.74) is 10.1. The second-order valence-electron chi connectivity index (χ2n) is 12.0. The predicted octanol–water partition coefficient (Wildman–Crippen LogP) is 5.43. The van der Waals surface area contributed by atoms with E-state index in [1.807, 2.05) is 38.4 Å². The third-order valence-corrected chi connectivity index (χ3v) is 9.19. The average Bonchev–Trinajstić information content (AvgIpc) is 3.57. The summed E-state index contributed by atoms with van der Waals surface area (Å²) < 4.78 is 2.16. The molecule has 2 aromatic carbocycles. The Bertz CT molecular complexity index is 1800. The second-order valence-corrected chi connectivity index (χ2v) is 12.0. The zero-order valence-electron chi connectivity index (χ0n) is 24.8. The van der Waals surface area contributed by atoms with Crippen molar-refractivity contribution < 1.29 is 9.59 Å². The van der Waals surface area contributed by atoms with Gasteiger partial charge < -0.3 is 15.1 Å². The van der Waals surface area contributed by atoms with Crippen LogP contribution in [0.25, 0.3) is 16.9 Å². The van der Waals surface area contributed by atoms with Gasteiger partial charge in [0.2, 0.25) is 5.91 Å². The first kappa shape index (κ1) is 27.1. The van der Waals surface area contributed by atoms with Crippen LogP contribution in [-0.4, -0.2) is 57.1 Å². The monoisotopic (exact) mass is 572 g/mol. The van der Waals surface area contributed by atoms with Crippen molar-refractivity contribution in [3.8, 4) is 11.3 Å². The third-order valence-electron chi connectivity index (χ3n) is 9.19. The molecular formula is C35H36N6O2. The van der Waals surface area contributed by atoms with Crippen molar-refractivity contribution in [2.75, 3.05) is 36.4 Å². The van der Waals surface area contributed by atoms with E-state index in [1.54, 1.807) is 0 Å². The van der Waals surface area contributed by atoms with E-state index < -0.39 is 0 Å². The van der Waals surface area contributed by atoms with Crippen LogP contribution in [0.1, 0.15) is 43.5 Å².